The number of hydrogen-bond donors (Lipinski definition) is 1. The first-order valence-electron chi connectivity index (χ1n) is 3.90. The van der Waals surface area contributed by atoms with Crippen molar-refractivity contribution in [2.75, 3.05) is 5.73 Å². The van der Waals surface area contributed by atoms with Crippen LogP contribution in [-0.4, -0.2) is 0 Å². The highest BCUT2D eigenvalue weighted by Crippen LogP contribution is 2.14. The Bertz CT molecular complexity index is 384. The van der Waals surface area contributed by atoms with E-state index in [0.717, 1.165) is 5.69 Å². The second-order valence-corrected chi connectivity index (χ2v) is 3.00. The Hall–Kier alpha value is -1.57. The summed E-state index contributed by atoms with van der Waals surface area (Å²) < 4.78 is 2.02. The first kappa shape index (κ1) is 7.10. The largest absolute Gasteiger partial charge is 0.399 e. The van der Waals surface area contributed by atoms with Gasteiger partial charge >= 0.3 is 0 Å². The van der Waals surface area contributed by atoms with E-state index in [4.69, 9.17) is 5.73 Å². The van der Waals surface area contributed by atoms with Gasteiger partial charge in [0.05, 0.1) is 0 Å². The van der Waals surface area contributed by atoms with Crippen molar-refractivity contribution in [3.8, 4) is 0 Å². The van der Waals surface area contributed by atoms with Crippen molar-refractivity contribution in [3.63, 3.8) is 0 Å². The number of nitrogens with two attached hydrogens (primary N) is 1. The summed E-state index contributed by atoms with van der Waals surface area (Å²) in [4.78, 5) is 0. The van der Waals surface area contributed by atoms with Crippen LogP contribution in [0.3, 0.4) is 0 Å². The number of pyridine rings is 1. The van der Waals surface area contributed by atoms with Crippen molar-refractivity contribution in [3.05, 3.63) is 36.7 Å². The number of aryl methyl sites for hydroxylation is 1. The molecule has 0 amide bonds. The van der Waals surface area contributed by atoms with Crippen LogP contribution in [0.25, 0.3) is 10.8 Å². The molecule has 0 radical (unpaired) electrons. The molecule has 0 atom stereocenters. The average Bonchev–Trinajstić information content (AvgIpc) is 2.03. The van der Waals surface area contributed by atoms with Crippen LogP contribution < -0.4 is 10.3 Å². The number of rotatable bonds is 0. The minimum Gasteiger partial charge on any atom is -0.399 e. The van der Waals surface area contributed by atoms with Crippen LogP contribution in [-0.2, 0) is 7.05 Å². The molecule has 2 aromatic rings. The van der Waals surface area contributed by atoms with Crippen molar-refractivity contribution >= 4 is 16.5 Å². The van der Waals surface area contributed by atoms with Gasteiger partial charge < -0.3 is 5.73 Å². The molecule has 1 heterocycles. The van der Waals surface area contributed by atoms with E-state index in [1.54, 1.807) is 0 Å². The number of nitrogens with zero attached hydrogens (tertiary/aromatic N) is 1. The van der Waals surface area contributed by atoms with Gasteiger partial charge in [-0.2, -0.15) is 0 Å². The first-order chi connectivity index (χ1) is 5.75. The maximum absolute atomic E-state index is 5.66. The van der Waals surface area contributed by atoms with E-state index in [0.29, 0.717) is 0 Å². The fourth-order valence-electron chi connectivity index (χ4n) is 1.32. The lowest BCUT2D eigenvalue weighted by Crippen LogP contribution is -2.25. The second kappa shape index (κ2) is 2.48. The number of benzene rings is 1. The monoisotopic (exact) mass is 159 g/mol. The van der Waals surface area contributed by atoms with Crippen molar-refractivity contribution in [2.45, 2.75) is 0 Å². The van der Waals surface area contributed by atoms with Crippen molar-refractivity contribution in [1.82, 2.24) is 0 Å². The van der Waals surface area contributed by atoms with Crippen LogP contribution in [0.4, 0.5) is 5.69 Å². The molecule has 0 aliphatic carbocycles. The van der Waals surface area contributed by atoms with Crippen LogP contribution in [0.15, 0.2) is 36.7 Å². The third kappa shape index (κ3) is 1.11. The zero-order chi connectivity index (χ0) is 8.55. The van der Waals surface area contributed by atoms with Crippen LogP contribution in [0.1, 0.15) is 0 Å². The van der Waals surface area contributed by atoms with Gasteiger partial charge in [-0.3, -0.25) is 0 Å². The molecule has 2 N–H and O–H groups in total. The van der Waals surface area contributed by atoms with Gasteiger partial charge in [-0.1, -0.05) is 6.07 Å². The van der Waals surface area contributed by atoms with Gasteiger partial charge in [0.15, 0.2) is 12.4 Å². The number of anilines is 1. The Morgan fingerprint density at radius 3 is 2.83 bits per heavy atom. The van der Waals surface area contributed by atoms with E-state index >= 15 is 0 Å². The van der Waals surface area contributed by atoms with E-state index in [2.05, 4.69) is 12.3 Å². The summed E-state index contributed by atoms with van der Waals surface area (Å²) in [5.74, 6) is 0. The lowest BCUT2D eigenvalue weighted by molar-refractivity contribution is -0.670. The maximum Gasteiger partial charge on any atom is 0.176 e. The molecule has 2 rings (SSSR count). The predicted molar refractivity (Wildman–Crippen MR) is 49.5 cm³/mol. The number of aromatic nitrogens is 1. The highest BCUT2D eigenvalue weighted by atomic mass is 14.9. The molecule has 0 bridgehead atoms. The molecule has 2 heteroatoms. The smallest absolute Gasteiger partial charge is 0.176 e. The van der Waals surface area contributed by atoms with E-state index in [1.807, 2.05) is 36.0 Å². The zero-order valence-corrected chi connectivity index (χ0v) is 6.99. The standard InChI is InChI=1S/C10H11N2/c1-12-5-4-8-2-3-10(11)6-9(8)7-12/h2-7H,11H2,1H3/q+1. The molecule has 0 aliphatic rings. The van der Waals surface area contributed by atoms with Crippen LogP contribution in [0.5, 0.6) is 0 Å². The summed E-state index contributed by atoms with van der Waals surface area (Å²) in [6, 6.07) is 8.01. The van der Waals surface area contributed by atoms with Gasteiger partial charge in [-0.25, -0.2) is 4.57 Å². The topological polar surface area (TPSA) is 29.9 Å². The molecule has 1 aromatic carbocycles. The first-order valence-corrected chi connectivity index (χ1v) is 3.90. The van der Waals surface area contributed by atoms with Gasteiger partial charge in [-0.05, 0) is 17.5 Å². The normalized spacial score (nSPS) is 10.4. The highest BCUT2D eigenvalue weighted by Gasteiger charge is 1.97. The predicted octanol–water partition coefficient (Wildman–Crippen LogP) is 1.25. The van der Waals surface area contributed by atoms with E-state index in [-0.39, 0.29) is 0 Å². The quantitative estimate of drug-likeness (QED) is 0.455. The van der Waals surface area contributed by atoms with Crippen molar-refractivity contribution in [1.29, 1.82) is 0 Å². The van der Waals surface area contributed by atoms with Crippen molar-refractivity contribution in [2.24, 2.45) is 7.05 Å². The van der Waals surface area contributed by atoms with Crippen LogP contribution in [0, 0.1) is 0 Å². The van der Waals surface area contributed by atoms with Crippen LogP contribution >= 0.6 is 0 Å². The Labute approximate surface area is 71.2 Å². The summed E-state index contributed by atoms with van der Waals surface area (Å²) in [7, 11) is 2.00. The highest BCUT2D eigenvalue weighted by molar-refractivity contribution is 5.83. The van der Waals surface area contributed by atoms with Crippen LogP contribution in [0.2, 0.25) is 0 Å². The molecule has 0 aliphatic heterocycles. The van der Waals surface area contributed by atoms with Gasteiger partial charge in [0.2, 0.25) is 0 Å². The Morgan fingerprint density at radius 1 is 1.17 bits per heavy atom. The molecule has 12 heavy (non-hydrogen) atoms. The van der Waals surface area contributed by atoms with E-state index < -0.39 is 0 Å². The maximum atomic E-state index is 5.66. The third-order valence-corrected chi connectivity index (χ3v) is 1.94. The van der Waals surface area contributed by atoms with Gasteiger partial charge in [0.1, 0.15) is 7.05 Å². The molecular formula is C10H11N2+. The molecular weight excluding hydrogens is 148 g/mol. The number of fused-ring (bicyclic) bond motifs is 1. The van der Waals surface area contributed by atoms with Gasteiger partial charge in [-0.15, -0.1) is 0 Å². The summed E-state index contributed by atoms with van der Waals surface area (Å²) in [6.45, 7) is 0. The summed E-state index contributed by atoms with van der Waals surface area (Å²) in [5, 5.41) is 2.40. The molecule has 0 saturated carbocycles. The van der Waals surface area contributed by atoms with Crippen molar-refractivity contribution < 1.29 is 4.57 Å². The summed E-state index contributed by atoms with van der Waals surface area (Å²) in [5.41, 5.74) is 6.48. The Morgan fingerprint density at radius 2 is 2.00 bits per heavy atom. The minimum absolute atomic E-state index is 0.814. The summed E-state index contributed by atoms with van der Waals surface area (Å²) >= 11 is 0. The van der Waals surface area contributed by atoms with E-state index in [9.17, 15) is 0 Å². The fraction of sp³-hybridized carbons (Fsp3) is 0.100. The second-order valence-electron chi connectivity index (χ2n) is 3.00. The fourth-order valence-corrected chi connectivity index (χ4v) is 1.32. The Balaban J connectivity index is 2.80. The molecule has 60 valence electrons. The van der Waals surface area contributed by atoms with Gasteiger partial charge in [0.25, 0.3) is 0 Å². The lowest BCUT2D eigenvalue weighted by Gasteiger charge is -1.96. The third-order valence-electron chi connectivity index (χ3n) is 1.94. The SMILES string of the molecule is C[n+]1ccc2ccc(N)cc2c1. The zero-order valence-electron chi connectivity index (χ0n) is 6.99. The molecule has 0 saturated heterocycles. The lowest BCUT2D eigenvalue weighted by atomic mass is 10.1. The molecule has 2 nitrogen and oxygen atoms in total. The minimum atomic E-state index is 0.814. The molecule has 0 unspecified atom stereocenters. The molecule has 1 aromatic heterocycles. The molecule has 0 spiro atoms. The van der Waals surface area contributed by atoms with Gasteiger partial charge in [0, 0.05) is 17.1 Å². The number of nitrogen functional groups attached to an aromatic ring is 1. The average molecular weight is 159 g/mol. The number of hydrogen-bond acceptors (Lipinski definition) is 1. The summed E-state index contributed by atoms with van der Waals surface area (Å²) in [6.07, 6.45) is 4.09. The Kier molecular flexibility index (Phi) is 1.47. The molecule has 0 fully saturated rings. The van der Waals surface area contributed by atoms with E-state index in [1.165, 1.54) is 10.8 Å².